The van der Waals surface area contributed by atoms with E-state index < -0.39 is 5.97 Å². The largest absolute Gasteiger partial charge is 0.491 e. The fourth-order valence-electron chi connectivity index (χ4n) is 1.95. The lowest BCUT2D eigenvalue weighted by molar-refractivity contribution is 0.0662. The van der Waals surface area contributed by atoms with E-state index in [1.54, 1.807) is 13.0 Å². The minimum absolute atomic E-state index is 0.0865. The minimum Gasteiger partial charge on any atom is -0.491 e. The summed E-state index contributed by atoms with van der Waals surface area (Å²) >= 11 is 0. The van der Waals surface area contributed by atoms with Crippen LogP contribution < -0.4 is 4.74 Å². The maximum absolute atomic E-state index is 11.1. The second-order valence-corrected chi connectivity index (χ2v) is 4.86. The van der Waals surface area contributed by atoms with E-state index in [4.69, 9.17) is 14.3 Å². The number of carboxylic acid groups (broad SMARTS) is 1. The number of nitrogens with zero attached hydrogens (tertiary/aromatic N) is 1. The SMILES string of the molecule is Cc1nc(-c2ccc(OC(C)C)c(C)c2)c(C(=O)O)o1. The highest BCUT2D eigenvalue weighted by atomic mass is 16.5. The number of carbonyl (C=O) groups is 1. The molecule has 106 valence electrons. The third kappa shape index (κ3) is 2.82. The number of hydrogen-bond acceptors (Lipinski definition) is 4. The summed E-state index contributed by atoms with van der Waals surface area (Å²) in [6.45, 7) is 7.45. The van der Waals surface area contributed by atoms with Gasteiger partial charge in [-0.1, -0.05) is 0 Å². The molecule has 5 nitrogen and oxygen atoms in total. The van der Waals surface area contributed by atoms with Gasteiger partial charge in [0.1, 0.15) is 11.4 Å². The maximum Gasteiger partial charge on any atom is 0.374 e. The van der Waals surface area contributed by atoms with E-state index in [0.29, 0.717) is 17.1 Å². The van der Waals surface area contributed by atoms with Crippen molar-refractivity contribution in [2.24, 2.45) is 0 Å². The Bertz CT molecular complexity index is 643. The molecule has 0 atom stereocenters. The van der Waals surface area contributed by atoms with Crippen molar-refractivity contribution in [3.8, 4) is 17.0 Å². The van der Waals surface area contributed by atoms with Crippen molar-refractivity contribution in [3.05, 3.63) is 35.4 Å². The Morgan fingerprint density at radius 2 is 2.05 bits per heavy atom. The van der Waals surface area contributed by atoms with Gasteiger partial charge in [0.2, 0.25) is 5.76 Å². The number of aryl methyl sites for hydroxylation is 2. The van der Waals surface area contributed by atoms with Gasteiger partial charge in [0.05, 0.1) is 6.10 Å². The monoisotopic (exact) mass is 275 g/mol. The molecule has 1 heterocycles. The van der Waals surface area contributed by atoms with E-state index in [-0.39, 0.29) is 11.9 Å². The summed E-state index contributed by atoms with van der Waals surface area (Å²) < 4.78 is 10.8. The normalized spacial score (nSPS) is 10.8. The molecule has 0 fully saturated rings. The number of ether oxygens (including phenoxy) is 1. The Morgan fingerprint density at radius 3 is 2.60 bits per heavy atom. The lowest BCUT2D eigenvalue weighted by Crippen LogP contribution is -2.06. The average Bonchev–Trinajstić information content (AvgIpc) is 2.73. The molecular weight excluding hydrogens is 258 g/mol. The zero-order valence-electron chi connectivity index (χ0n) is 11.9. The lowest BCUT2D eigenvalue weighted by Gasteiger charge is -2.12. The molecule has 0 unspecified atom stereocenters. The van der Waals surface area contributed by atoms with Crippen LogP contribution in [-0.4, -0.2) is 22.2 Å². The second-order valence-electron chi connectivity index (χ2n) is 4.86. The fraction of sp³-hybridized carbons (Fsp3) is 0.333. The van der Waals surface area contributed by atoms with Crippen LogP contribution in [0.4, 0.5) is 0 Å². The van der Waals surface area contributed by atoms with Crippen molar-refractivity contribution in [1.29, 1.82) is 0 Å². The quantitative estimate of drug-likeness (QED) is 0.925. The Balaban J connectivity index is 2.44. The first-order valence-corrected chi connectivity index (χ1v) is 6.37. The molecule has 20 heavy (non-hydrogen) atoms. The molecule has 1 aromatic carbocycles. The van der Waals surface area contributed by atoms with Gasteiger partial charge in [-0.25, -0.2) is 9.78 Å². The third-order valence-electron chi connectivity index (χ3n) is 2.74. The molecule has 0 spiro atoms. The number of aromatic nitrogens is 1. The van der Waals surface area contributed by atoms with E-state index >= 15 is 0 Å². The number of rotatable bonds is 4. The molecule has 0 aliphatic rings. The number of carboxylic acids is 1. The molecule has 0 radical (unpaired) electrons. The summed E-state index contributed by atoms with van der Waals surface area (Å²) in [4.78, 5) is 15.3. The molecule has 0 bridgehead atoms. The van der Waals surface area contributed by atoms with Gasteiger partial charge in [0.25, 0.3) is 0 Å². The molecule has 0 amide bonds. The van der Waals surface area contributed by atoms with E-state index in [1.165, 1.54) is 0 Å². The van der Waals surface area contributed by atoms with Crippen LogP contribution in [0.1, 0.15) is 35.9 Å². The van der Waals surface area contributed by atoms with Gasteiger partial charge >= 0.3 is 5.97 Å². The first kappa shape index (κ1) is 14.1. The van der Waals surface area contributed by atoms with Crippen LogP contribution in [0.5, 0.6) is 5.75 Å². The fourth-order valence-corrected chi connectivity index (χ4v) is 1.95. The molecule has 2 aromatic rings. The van der Waals surface area contributed by atoms with Crippen molar-refractivity contribution in [3.63, 3.8) is 0 Å². The molecule has 0 saturated carbocycles. The Hall–Kier alpha value is -2.30. The predicted molar refractivity (Wildman–Crippen MR) is 74.1 cm³/mol. The highest BCUT2D eigenvalue weighted by molar-refractivity contribution is 5.91. The van der Waals surface area contributed by atoms with E-state index in [2.05, 4.69) is 4.98 Å². The van der Waals surface area contributed by atoms with Crippen LogP contribution in [0, 0.1) is 13.8 Å². The van der Waals surface area contributed by atoms with Gasteiger partial charge in [0.15, 0.2) is 5.89 Å². The summed E-state index contributed by atoms with van der Waals surface area (Å²) in [6.07, 6.45) is 0.0865. The van der Waals surface area contributed by atoms with Crippen LogP contribution >= 0.6 is 0 Å². The summed E-state index contributed by atoms with van der Waals surface area (Å²) in [5.74, 6) is -0.154. The van der Waals surface area contributed by atoms with Crippen LogP contribution in [0.15, 0.2) is 22.6 Å². The smallest absolute Gasteiger partial charge is 0.374 e. The lowest BCUT2D eigenvalue weighted by atomic mass is 10.1. The van der Waals surface area contributed by atoms with Crippen LogP contribution in [0.3, 0.4) is 0 Å². The van der Waals surface area contributed by atoms with E-state index in [1.807, 2.05) is 32.9 Å². The van der Waals surface area contributed by atoms with Gasteiger partial charge in [-0.05, 0) is 44.5 Å². The summed E-state index contributed by atoms with van der Waals surface area (Å²) in [5.41, 5.74) is 1.97. The van der Waals surface area contributed by atoms with Crippen molar-refractivity contribution >= 4 is 5.97 Å². The standard InChI is InChI=1S/C15H17NO4/c1-8(2)19-12-6-5-11(7-9(12)3)13-14(15(17)18)20-10(4)16-13/h5-8H,1-4H3,(H,17,18). The van der Waals surface area contributed by atoms with E-state index in [9.17, 15) is 4.79 Å². The molecule has 2 rings (SSSR count). The van der Waals surface area contributed by atoms with Gasteiger partial charge in [-0.3, -0.25) is 0 Å². The van der Waals surface area contributed by atoms with Gasteiger partial charge in [-0.2, -0.15) is 0 Å². The number of oxazole rings is 1. The van der Waals surface area contributed by atoms with Crippen molar-refractivity contribution < 1.29 is 19.1 Å². The maximum atomic E-state index is 11.1. The average molecular weight is 275 g/mol. The molecule has 5 heteroatoms. The third-order valence-corrected chi connectivity index (χ3v) is 2.74. The molecule has 1 aromatic heterocycles. The van der Waals surface area contributed by atoms with Crippen LogP contribution in [0.25, 0.3) is 11.3 Å². The molecule has 0 saturated heterocycles. The molecule has 0 aliphatic heterocycles. The Morgan fingerprint density at radius 1 is 1.35 bits per heavy atom. The molecular formula is C15H17NO4. The van der Waals surface area contributed by atoms with Gasteiger partial charge in [0, 0.05) is 12.5 Å². The molecule has 0 aliphatic carbocycles. The summed E-state index contributed by atoms with van der Waals surface area (Å²) in [7, 11) is 0. The summed E-state index contributed by atoms with van der Waals surface area (Å²) in [5, 5.41) is 9.12. The number of hydrogen-bond donors (Lipinski definition) is 1. The zero-order chi connectivity index (χ0) is 14.9. The van der Waals surface area contributed by atoms with Crippen molar-refractivity contribution in [2.45, 2.75) is 33.8 Å². The second kappa shape index (κ2) is 5.36. The number of aromatic carboxylic acids is 1. The molecule has 1 N–H and O–H groups in total. The van der Waals surface area contributed by atoms with Gasteiger partial charge < -0.3 is 14.3 Å². The van der Waals surface area contributed by atoms with Crippen molar-refractivity contribution in [1.82, 2.24) is 4.98 Å². The zero-order valence-corrected chi connectivity index (χ0v) is 11.9. The summed E-state index contributed by atoms with van der Waals surface area (Å²) in [6, 6.07) is 5.45. The topological polar surface area (TPSA) is 72.6 Å². The number of benzene rings is 1. The van der Waals surface area contributed by atoms with Gasteiger partial charge in [-0.15, -0.1) is 0 Å². The predicted octanol–water partition coefficient (Wildman–Crippen LogP) is 3.44. The van der Waals surface area contributed by atoms with E-state index in [0.717, 1.165) is 11.3 Å². The Labute approximate surface area is 117 Å². The minimum atomic E-state index is -1.12. The first-order valence-electron chi connectivity index (χ1n) is 6.37. The highest BCUT2D eigenvalue weighted by Crippen LogP contribution is 2.29. The first-order chi connectivity index (χ1) is 9.38. The van der Waals surface area contributed by atoms with Crippen LogP contribution in [0.2, 0.25) is 0 Å². The Kier molecular flexibility index (Phi) is 3.79. The van der Waals surface area contributed by atoms with Crippen molar-refractivity contribution in [2.75, 3.05) is 0 Å². The highest BCUT2D eigenvalue weighted by Gasteiger charge is 2.20. The van der Waals surface area contributed by atoms with Crippen LogP contribution in [-0.2, 0) is 0 Å².